The first kappa shape index (κ1) is 56.4. The summed E-state index contributed by atoms with van der Waals surface area (Å²) in [5.41, 5.74) is 2.20. The van der Waals surface area contributed by atoms with Crippen molar-refractivity contribution in [3.8, 4) is 0 Å². The van der Waals surface area contributed by atoms with E-state index in [0.29, 0.717) is 43.2 Å². The predicted octanol–water partition coefficient (Wildman–Crippen LogP) is 6.59. The molecule has 1 N–H and O–H groups in total. The Labute approximate surface area is 354 Å². The van der Waals surface area contributed by atoms with Crippen LogP contribution >= 0.6 is 0 Å². The van der Waals surface area contributed by atoms with Crippen LogP contribution in [0.4, 0.5) is 0 Å². The first-order valence-corrected chi connectivity index (χ1v) is 22.3. The minimum absolute atomic E-state index is 0. The van der Waals surface area contributed by atoms with E-state index in [1.54, 1.807) is 0 Å². The molecule has 0 bridgehead atoms. The van der Waals surface area contributed by atoms with E-state index in [9.17, 15) is 0 Å². The maximum atomic E-state index is 2.72. The molecule has 322 valence electrons. The van der Waals surface area contributed by atoms with Gasteiger partial charge in [0.25, 0.3) is 0 Å². The zero-order valence-corrected chi connectivity index (χ0v) is 39.5. The normalized spacial score (nSPS) is 19.6. The molecule has 4 rings (SSSR count). The van der Waals surface area contributed by atoms with Crippen molar-refractivity contribution in [1.29, 1.82) is 0 Å². The van der Waals surface area contributed by atoms with Gasteiger partial charge in [-0.2, -0.15) is 0 Å². The Morgan fingerprint density at radius 3 is 1.22 bits per heavy atom. The van der Waals surface area contributed by atoms with E-state index in [2.05, 4.69) is 185 Å². The van der Waals surface area contributed by atoms with Gasteiger partial charge >= 0.3 is 0 Å². The third-order valence-corrected chi connectivity index (χ3v) is 12.7. The summed E-state index contributed by atoms with van der Waals surface area (Å²) in [4.78, 5) is 11.8. The molecule has 1 aromatic rings. The summed E-state index contributed by atoms with van der Waals surface area (Å²) in [5, 5.41) is 0. The quantitative estimate of drug-likeness (QED) is 0.286. The van der Waals surface area contributed by atoms with E-state index in [1.165, 1.54) is 89.0 Å². The van der Waals surface area contributed by atoms with Crippen LogP contribution in [-0.2, 0) is 0 Å². The van der Waals surface area contributed by atoms with Crippen LogP contribution in [0, 0.1) is 0 Å². The Hall–Kier alpha value is -0.655. The van der Waals surface area contributed by atoms with Crippen LogP contribution in [0.2, 0.25) is 0 Å². The predicted molar refractivity (Wildman–Crippen MR) is 268 cm³/mol. The molecule has 3 fully saturated rings. The highest BCUT2D eigenvalue weighted by molar-refractivity contribution is 6.05. The molecular formula is C45H102B5N5. The smallest absolute Gasteiger partial charge is 0.186 e. The van der Waals surface area contributed by atoms with Gasteiger partial charge in [0.15, 0.2) is 39.9 Å². The molecule has 0 aromatic heterocycles. The highest BCUT2D eigenvalue weighted by atomic mass is 15.2. The lowest BCUT2D eigenvalue weighted by molar-refractivity contribution is -0.827. The largest absolute Gasteiger partial charge is 0.529 e. The number of hydrogen-bond acceptors (Lipinski definition) is 4. The van der Waals surface area contributed by atoms with E-state index in [0.717, 1.165) is 24.2 Å². The Morgan fingerprint density at radius 1 is 0.618 bits per heavy atom. The average molecular weight is 767 g/mol. The number of benzene rings is 1. The number of hydrogen-bond donors (Lipinski definition) is 1. The van der Waals surface area contributed by atoms with Crippen molar-refractivity contribution >= 4 is 39.9 Å². The lowest BCUT2D eigenvalue weighted by atomic mass is 9.77. The molecular weight excluding hydrogens is 665 g/mol. The van der Waals surface area contributed by atoms with Gasteiger partial charge < -0.3 is 24.1 Å². The minimum atomic E-state index is 0. The Bertz CT molecular complexity index is 983. The monoisotopic (exact) mass is 768 g/mol. The summed E-state index contributed by atoms with van der Waals surface area (Å²) in [6.45, 7) is 34.1. The van der Waals surface area contributed by atoms with Crippen molar-refractivity contribution in [3.05, 3.63) is 35.9 Å². The molecule has 0 spiro atoms. The van der Waals surface area contributed by atoms with Crippen molar-refractivity contribution < 1.29 is 6.24 Å². The van der Waals surface area contributed by atoms with Gasteiger partial charge in [-0.25, -0.2) is 0 Å². The summed E-state index contributed by atoms with van der Waals surface area (Å²) in [5.74, 6) is 0. The van der Waals surface area contributed by atoms with Crippen LogP contribution in [0.25, 0.3) is 0 Å². The van der Waals surface area contributed by atoms with Gasteiger partial charge in [-0.05, 0) is 143 Å². The SMILES string of the molecule is BN(C(C)C)C(C)C.BN(C(C)C)C(C)c1ccccc1.BN(C1CCCCC1)C1CCCCC1.BN1C(C)(C)CCCC1(C)C.C.[BH3-][NH+](C(C)C)C(C)C.[HH]. The highest BCUT2D eigenvalue weighted by Crippen LogP contribution is 2.36. The van der Waals surface area contributed by atoms with Crippen LogP contribution in [0.15, 0.2) is 30.3 Å². The molecule has 1 aromatic carbocycles. The first-order valence-electron chi connectivity index (χ1n) is 22.3. The molecule has 0 radical (unpaired) electrons. The molecule has 1 heterocycles. The number of quaternary nitrogens is 1. The second kappa shape index (κ2) is 28.7. The lowest BCUT2D eigenvalue weighted by Gasteiger charge is -2.51. The maximum Gasteiger partial charge on any atom is 0.186 e. The summed E-state index contributed by atoms with van der Waals surface area (Å²) in [6, 6.07) is 16.7. The van der Waals surface area contributed by atoms with E-state index in [4.69, 9.17) is 0 Å². The molecule has 3 aliphatic rings. The van der Waals surface area contributed by atoms with Gasteiger partial charge in [0.05, 0.1) is 0 Å². The van der Waals surface area contributed by atoms with E-state index >= 15 is 0 Å². The zero-order valence-electron chi connectivity index (χ0n) is 39.5. The van der Waals surface area contributed by atoms with Crippen LogP contribution in [0.1, 0.15) is 208 Å². The van der Waals surface area contributed by atoms with Crippen LogP contribution in [-0.4, -0.2) is 113 Å². The molecule has 55 heavy (non-hydrogen) atoms. The zero-order chi connectivity index (χ0) is 41.8. The van der Waals surface area contributed by atoms with E-state index in [1.807, 2.05) is 4.81 Å². The summed E-state index contributed by atoms with van der Waals surface area (Å²) in [7, 11) is 9.46. The number of nitrogens with zero attached hydrogens (tertiary/aromatic N) is 4. The highest BCUT2D eigenvalue weighted by Gasteiger charge is 2.37. The fourth-order valence-electron chi connectivity index (χ4n) is 8.06. The minimum Gasteiger partial charge on any atom is -0.529 e. The first-order chi connectivity index (χ1) is 25.0. The van der Waals surface area contributed by atoms with Gasteiger partial charge in [-0.1, -0.05) is 118 Å². The Kier molecular flexibility index (Phi) is 29.5. The summed E-state index contributed by atoms with van der Waals surface area (Å²) < 4.78 is 0. The number of rotatable bonds is 9. The second-order valence-electron chi connectivity index (χ2n) is 19.5. The third kappa shape index (κ3) is 22.3. The van der Waals surface area contributed by atoms with Crippen LogP contribution in [0.3, 0.4) is 0 Å². The van der Waals surface area contributed by atoms with Gasteiger partial charge in [0.2, 0.25) is 0 Å². The topological polar surface area (TPSA) is 17.4 Å². The molecule has 1 aliphatic heterocycles. The van der Waals surface area contributed by atoms with Crippen LogP contribution in [0.5, 0.6) is 0 Å². The van der Waals surface area contributed by atoms with Gasteiger partial charge in [-0.15, -0.1) is 0 Å². The van der Waals surface area contributed by atoms with Crippen molar-refractivity contribution in [2.45, 2.75) is 254 Å². The standard InChI is InChI=1S/C12H24BN.C11H18BN.C9H20BN.C6H18BN.C6H16BN.CH4.H2/c13-14(11-7-3-1-4-8-11)12-9-5-2-6-10-12;1-9(2)13(12)10(3)11-7-5-4-6-8-11;1-8(2)6-5-7-9(3,4)11(8)10;2*1-5(2)8(7)6(3)4;;/h11-12H,1-10,13H2;4-10H,12H2,1-3H3;5-7,10H2,1-4H3;5-6,8H,1-4,7H3;5-6H,7H2,1-4H3;1H4;1H. The molecule has 1 saturated heterocycles. The fraction of sp³-hybridized carbons (Fsp3) is 0.867. The molecule has 1 unspecified atom stereocenters. The maximum absolute atomic E-state index is 2.72. The molecule has 1 atom stereocenters. The molecule has 0 amide bonds. The van der Waals surface area contributed by atoms with Gasteiger partial charge in [0.1, 0.15) is 0 Å². The molecule has 5 nitrogen and oxygen atoms in total. The van der Waals surface area contributed by atoms with Gasteiger partial charge in [-0.3, -0.25) is 0 Å². The molecule has 10 heteroatoms. The van der Waals surface area contributed by atoms with Crippen molar-refractivity contribution in [1.82, 2.24) is 19.2 Å². The van der Waals surface area contributed by atoms with Crippen molar-refractivity contribution in [2.75, 3.05) is 0 Å². The number of nitrogens with one attached hydrogen (secondary N) is 1. The Balaban J connectivity index is -0.000000634. The molecule has 2 saturated carbocycles. The third-order valence-electron chi connectivity index (χ3n) is 12.7. The average Bonchev–Trinajstić information content (AvgIpc) is 3.14. The Morgan fingerprint density at radius 2 is 0.964 bits per heavy atom. The lowest BCUT2D eigenvalue weighted by Crippen LogP contribution is -3.16. The fourth-order valence-corrected chi connectivity index (χ4v) is 8.06. The van der Waals surface area contributed by atoms with Crippen LogP contribution < -0.4 is 4.81 Å². The van der Waals surface area contributed by atoms with Crippen molar-refractivity contribution in [2.24, 2.45) is 0 Å². The van der Waals surface area contributed by atoms with Crippen molar-refractivity contribution in [3.63, 3.8) is 0 Å². The summed E-state index contributed by atoms with van der Waals surface area (Å²) in [6.07, 6.45) is 18.8. The van der Waals surface area contributed by atoms with E-state index < -0.39 is 0 Å². The van der Waals surface area contributed by atoms with Gasteiger partial charge in [0, 0.05) is 30.6 Å². The summed E-state index contributed by atoms with van der Waals surface area (Å²) >= 11 is 0. The number of piperidine rings is 1. The second-order valence-corrected chi connectivity index (χ2v) is 19.5. The van der Waals surface area contributed by atoms with E-state index in [-0.39, 0.29) is 8.85 Å². The molecule has 2 aliphatic carbocycles.